The number of allylic oxidation sites excluding steroid dienone is 2. The van der Waals surface area contributed by atoms with Crippen LogP contribution in [0.5, 0.6) is 0 Å². The molecule has 2 N–H and O–H groups in total. The molecular formula is C23H39NO3. The summed E-state index contributed by atoms with van der Waals surface area (Å²) in [7, 11) is 3.62. The summed E-state index contributed by atoms with van der Waals surface area (Å²) in [5, 5.41) is 20.6. The molecule has 27 heavy (non-hydrogen) atoms. The Morgan fingerprint density at radius 1 is 1.30 bits per heavy atom. The second-order valence-electron chi connectivity index (χ2n) is 8.68. The van der Waals surface area contributed by atoms with Crippen molar-refractivity contribution in [1.82, 2.24) is 4.90 Å². The van der Waals surface area contributed by atoms with Gasteiger partial charge in [-0.2, -0.15) is 0 Å². The van der Waals surface area contributed by atoms with Crippen LogP contribution in [-0.4, -0.2) is 47.3 Å². The molecule has 2 aliphatic rings. The molecule has 154 valence electrons. The third-order valence-electron chi connectivity index (χ3n) is 6.25. The number of rotatable bonds is 11. The molecule has 1 amide bonds. The van der Waals surface area contributed by atoms with E-state index in [-0.39, 0.29) is 24.0 Å². The second kappa shape index (κ2) is 11.0. The normalized spacial score (nSPS) is 28.4. The maximum atomic E-state index is 11.6. The van der Waals surface area contributed by atoms with Gasteiger partial charge in [-0.25, -0.2) is 0 Å². The average Bonchev–Trinajstić information content (AvgIpc) is 3.13. The summed E-state index contributed by atoms with van der Waals surface area (Å²) in [5.74, 6) is 1.33. The number of aliphatic hydroxyl groups excluding tert-OH is 2. The van der Waals surface area contributed by atoms with Crippen LogP contribution in [0.2, 0.25) is 0 Å². The monoisotopic (exact) mass is 377 g/mol. The Bertz CT molecular complexity index is 526. The van der Waals surface area contributed by atoms with Crippen molar-refractivity contribution in [2.45, 2.75) is 83.3 Å². The molecular weight excluding hydrogens is 338 g/mol. The predicted molar refractivity (Wildman–Crippen MR) is 110 cm³/mol. The molecule has 5 atom stereocenters. The van der Waals surface area contributed by atoms with E-state index < -0.39 is 0 Å². The van der Waals surface area contributed by atoms with E-state index in [9.17, 15) is 15.0 Å². The lowest BCUT2D eigenvalue weighted by Gasteiger charge is -2.19. The smallest absolute Gasteiger partial charge is 0.222 e. The summed E-state index contributed by atoms with van der Waals surface area (Å²) in [5.41, 5.74) is 1.50. The summed E-state index contributed by atoms with van der Waals surface area (Å²) in [6.07, 6.45) is 15.5. The molecule has 1 saturated carbocycles. The summed E-state index contributed by atoms with van der Waals surface area (Å²) < 4.78 is 0. The first kappa shape index (κ1) is 22.2. The van der Waals surface area contributed by atoms with Crippen LogP contribution in [-0.2, 0) is 4.79 Å². The minimum atomic E-state index is -0.383. The number of aliphatic hydroxyl groups is 2. The Kier molecular flexibility index (Phi) is 9.04. The van der Waals surface area contributed by atoms with Crippen LogP contribution in [0.15, 0.2) is 23.8 Å². The van der Waals surface area contributed by atoms with Crippen molar-refractivity contribution in [3.8, 4) is 0 Å². The van der Waals surface area contributed by atoms with Gasteiger partial charge in [0.2, 0.25) is 5.91 Å². The Hall–Kier alpha value is -1.13. The number of carbonyl (C=O) groups is 1. The Balaban J connectivity index is 1.76. The number of amides is 1. The standard InChI is InChI=1S/C23H39NO3/c1-4-5-6-10-19(25)12-13-20-21-15-17(14-18(21)16-22(20)26)9-7-8-11-23(27)24(2)3/h12-14,18-22,25-26H,4-11,15-16H2,1-3H3/t18?,19-,20?,21-,22+/m0/s1. The fraction of sp³-hybridized carbons (Fsp3) is 0.783. The second-order valence-corrected chi connectivity index (χ2v) is 8.68. The fourth-order valence-electron chi connectivity index (χ4n) is 4.60. The lowest BCUT2D eigenvalue weighted by atomic mass is 9.88. The van der Waals surface area contributed by atoms with E-state index in [1.165, 1.54) is 12.0 Å². The summed E-state index contributed by atoms with van der Waals surface area (Å²) in [6, 6.07) is 0. The van der Waals surface area contributed by atoms with E-state index in [4.69, 9.17) is 0 Å². The molecule has 2 aliphatic carbocycles. The highest BCUT2D eigenvalue weighted by atomic mass is 16.3. The first-order valence-corrected chi connectivity index (χ1v) is 10.9. The molecule has 4 nitrogen and oxygen atoms in total. The van der Waals surface area contributed by atoms with Crippen LogP contribution < -0.4 is 0 Å². The van der Waals surface area contributed by atoms with Crippen molar-refractivity contribution < 1.29 is 15.0 Å². The minimum absolute atomic E-state index is 0.167. The van der Waals surface area contributed by atoms with Gasteiger partial charge in [0.15, 0.2) is 0 Å². The van der Waals surface area contributed by atoms with Gasteiger partial charge >= 0.3 is 0 Å². The van der Waals surface area contributed by atoms with Gasteiger partial charge in [-0.1, -0.05) is 50.0 Å². The molecule has 2 rings (SSSR count). The third kappa shape index (κ3) is 6.76. The molecule has 0 bridgehead atoms. The number of unbranched alkanes of at least 4 members (excludes halogenated alkanes) is 3. The highest BCUT2D eigenvalue weighted by Gasteiger charge is 2.43. The number of nitrogens with zero attached hydrogens (tertiary/aromatic N) is 1. The largest absolute Gasteiger partial charge is 0.392 e. The van der Waals surface area contributed by atoms with Gasteiger partial charge in [-0.05, 0) is 50.4 Å². The van der Waals surface area contributed by atoms with Crippen LogP contribution in [0.1, 0.15) is 71.1 Å². The van der Waals surface area contributed by atoms with Crippen LogP contribution in [0.4, 0.5) is 0 Å². The summed E-state index contributed by atoms with van der Waals surface area (Å²) in [4.78, 5) is 13.3. The van der Waals surface area contributed by atoms with Gasteiger partial charge in [0.1, 0.15) is 0 Å². The Labute approximate surface area is 165 Å². The molecule has 0 heterocycles. The summed E-state index contributed by atoms with van der Waals surface area (Å²) >= 11 is 0. The van der Waals surface area contributed by atoms with Crippen molar-refractivity contribution in [2.24, 2.45) is 17.8 Å². The van der Waals surface area contributed by atoms with E-state index in [2.05, 4.69) is 19.1 Å². The van der Waals surface area contributed by atoms with Crippen LogP contribution in [0, 0.1) is 17.8 Å². The molecule has 1 fully saturated rings. The molecule has 0 aromatic heterocycles. The van der Waals surface area contributed by atoms with E-state index in [0.717, 1.165) is 51.4 Å². The Morgan fingerprint density at radius 2 is 2.07 bits per heavy atom. The molecule has 0 radical (unpaired) electrons. The first-order chi connectivity index (χ1) is 12.9. The highest BCUT2D eigenvalue weighted by Crippen LogP contribution is 2.48. The van der Waals surface area contributed by atoms with Crippen molar-refractivity contribution in [3.63, 3.8) is 0 Å². The number of hydrogen-bond donors (Lipinski definition) is 2. The first-order valence-electron chi connectivity index (χ1n) is 10.9. The van der Waals surface area contributed by atoms with Gasteiger partial charge in [0, 0.05) is 26.4 Å². The van der Waals surface area contributed by atoms with Crippen LogP contribution in [0.3, 0.4) is 0 Å². The van der Waals surface area contributed by atoms with Gasteiger partial charge in [-0.15, -0.1) is 0 Å². The van der Waals surface area contributed by atoms with E-state index >= 15 is 0 Å². The van der Waals surface area contributed by atoms with E-state index in [1.54, 1.807) is 4.90 Å². The lowest BCUT2D eigenvalue weighted by molar-refractivity contribution is -0.128. The van der Waals surface area contributed by atoms with Gasteiger partial charge < -0.3 is 15.1 Å². The number of hydrogen-bond acceptors (Lipinski definition) is 3. The van der Waals surface area contributed by atoms with E-state index in [0.29, 0.717) is 18.3 Å². The molecule has 0 aromatic carbocycles. The molecule has 0 saturated heterocycles. The zero-order chi connectivity index (χ0) is 19.8. The van der Waals surface area contributed by atoms with Crippen molar-refractivity contribution in [1.29, 1.82) is 0 Å². The van der Waals surface area contributed by atoms with Gasteiger partial charge in [-0.3, -0.25) is 4.79 Å². The number of fused-ring (bicyclic) bond motifs is 1. The van der Waals surface area contributed by atoms with Gasteiger partial charge in [0.05, 0.1) is 12.2 Å². The average molecular weight is 378 g/mol. The maximum Gasteiger partial charge on any atom is 0.222 e. The van der Waals surface area contributed by atoms with Crippen molar-refractivity contribution >= 4 is 5.91 Å². The zero-order valence-corrected chi connectivity index (χ0v) is 17.4. The molecule has 0 aromatic rings. The Morgan fingerprint density at radius 3 is 2.78 bits per heavy atom. The zero-order valence-electron chi connectivity index (χ0n) is 17.4. The van der Waals surface area contributed by atoms with Crippen LogP contribution >= 0.6 is 0 Å². The summed E-state index contributed by atoms with van der Waals surface area (Å²) in [6.45, 7) is 2.17. The van der Waals surface area contributed by atoms with Crippen molar-refractivity contribution in [3.05, 3.63) is 23.8 Å². The highest BCUT2D eigenvalue weighted by molar-refractivity contribution is 5.75. The van der Waals surface area contributed by atoms with Crippen molar-refractivity contribution in [2.75, 3.05) is 14.1 Å². The van der Waals surface area contributed by atoms with E-state index in [1.807, 2.05) is 20.2 Å². The van der Waals surface area contributed by atoms with Gasteiger partial charge in [0.25, 0.3) is 0 Å². The minimum Gasteiger partial charge on any atom is -0.392 e. The fourth-order valence-corrected chi connectivity index (χ4v) is 4.60. The van der Waals surface area contributed by atoms with Crippen LogP contribution in [0.25, 0.3) is 0 Å². The molecule has 0 aliphatic heterocycles. The topological polar surface area (TPSA) is 60.8 Å². The SMILES string of the molecule is CCCCC[C@H](O)C=CC1[C@H]2CC(CCCCC(=O)N(C)C)=CC2C[C@H]1O. The molecule has 4 heteroatoms. The maximum absolute atomic E-state index is 11.6. The molecule has 0 spiro atoms. The lowest BCUT2D eigenvalue weighted by Crippen LogP contribution is -2.21. The molecule has 2 unspecified atom stereocenters. The third-order valence-corrected chi connectivity index (χ3v) is 6.25. The predicted octanol–water partition coefficient (Wildman–Crippen LogP) is 4.08. The number of carbonyl (C=O) groups excluding carboxylic acids is 1. The quantitative estimate of drug-likeness (QED) is 0.421.